The van der Waals surface area contributed by atoms with Crippen molar-refractivity contribution in [1.29, 1.82) is 0 Å². The standard InChI is InChI=1S/C15H14N2O4S2/c16-17-15(22(18,19)11-13-7-3-1-4-8-13)23(20,21)12-14-9-5-2-6-10-14/h1-10H,11-12H2. The predicted octanol–water partition coefficient (Wildman–Crippen LogP) is 1.80. The Balaban J connectivity index is 2.33. The lowest BCUT2D eigenvalue weighted by Crippen LogP contribution is -2.28. The van der Waals surface area contributed by atoms with Crippen LogP contribution in [0.4, 0.5) is 0 Å². The summed E-state index contributed by atoms with van der Waals surface area (Å²) >= 11 is 0. The van der Waals surface area contributed by atoms with Crippen LogP contribution in [-0.4, -0.2) is 26.0 Å². The van der Waals surface area contributed by atoms with Gasteiger partial charge in [-0.15, -0.1) is 4.79 Å². The molecule has 0 aliphatic carbocycles. The first-order valence-corrected chi connectivity index (χ1v) is 9.91. The normalized spacial score (nSPS) is 11.7. The van der Waals surface area contributed by atoms with Crippen LogP contribution in [0.2, 0.25) is 0 Å². The fourth-order valence-electron chi connectivity index (χ4n) is 2.03. The van der Waals surface area contributed by atoms with Crippen LogP contribution in [0.5, 0.6) is 0 Å². The monoisotopic (exact) mass is 350 g/mol. The van der Waals surface area contributed by atoms with E-state index in [1.165, 1.54) is 0 Å². The molecule has 0 fully saturated rings. The summed E-state index contributed by atoms with van der Waals surface area (Å²) in [6.07, 6.45) is 0. The van der Waals surface area contributed by atoms with Gasteiger partial charge in [-0.05, 0) is 11.1 Å². The Morgan fingerprint density at radius 2 is 1.09 bits per heavy atom. The van der Waals surface area contributed by atoms with E-state index < -0.39 is 35.6 Å². The van der Waals surface area contributed by atoms with E-state index in [1.54, 1.807) is 60.7 Å². The molecule has 23 heavy (non-hydrogen) atoms. The largest absolute Gasteiger partial charge is 0.495 e. The molecule has 0 heterocycles. The molecular formula is C15H14N2O4S2. The Labute approximate surface area is 134 Å². The van der Waals surface area contributed by atoms with Crippen LogP contribution >= 0.6 is 0 Å². The Hall–Kier alpha value is -2.28. The molecule has 2 aromatic rings. The van der Waals surface area contributed by atoms with E-state index in [0.29, 0.717) is 11.1 Å². The Morgan fingerprint density at radius 1 is 0.739 bits per heavy atom. The van der Waals surface area contributed by atoms with Gasteiger partial charge in [0.05, 0.1) is 11.5 Å². The maximum absolute atomic E-state index is 12.3. The Morgan fingerprint density at radius 3 is 1.39 bits per heavy atom. The van der Waals surface area contributed by atoms with E-state index in [9.17, 15) is 16.8 Å². The first-order chi connectivity index (χ1) is 10.8. The molecule has 0 aliphatic heterocycles. The van der Waals surface area contributed by atoms with Crippen molar-refractivity contribution in [2.45, 2.75) is 11.5 Å². The molecule has 0 unspecified atom stereocenters. The van der Waals surface area contributed by atoms with Gasteiger partial charge in [0.2, 0.25) is 0 Å². The fourth-order valence-corrected chi connectivity index (χ4v) is 5.69. The average molecular weight is 350 g/mol. The molecule has 8 heteroatoms. The molecule has 2 aromatic carbocycles. The molecule has 2 rings (SSSR count). The zero-order valence-corrected chi connectivity index (χ0v) is 13.7. The minimum absolute atomic E-state index is 0.406. The molecule has 0 radical (unpaired) electrons. The molecular weight excluding hydrogens is 336 g/mol. The van der Waals surface area contributed by atoms with Crippen molar-refractivity contribution >= 4 is 24.1 Å². The van der Waals surface area contributed by atoms with Gasteiger partial charge in [-0.2, -0.15) is 0 Å². The number of rotatable bonds is 4. The second kappa shape index (κ2) is 6.87. The number of hydrogen-bond donors (Lipinski definition) is 0. The second-order valence-corrected chi connectivity index (χ2v) is 8.92. The Bertz CT molecular complexity index is 858. The van der Waals surface area contributed by atoms with E-state index >= 15 is 0 Å². The summed E-state index contributed by atoms with van der Waals surface area (Å²) in [6, 6.07) is 16.2. The predicted molar refractivity (Wildman–Crippen MR) is 86.8 cm³/mol. The topological polar surface area (TPSA) is 105 Å². The molecule has 0 N–H and O–H groups in total. The second-order valence-electron chi connectivity index (χ2n) is 4.86. The highest BCUT2D eigenvalue weighted by molar-refractivity contribution is 8.30. The zero-order valence-electron chi connectivity index (χ0n) is 12.0. The summed E-state index contributed by atoms with van der Waals surface area (Å²) in [4.78, 5) is 2.56. The van der Waals surface area contributed by atoms with Gasteiger partial charge >= 0.3 is 4.38 Å². The summed E-state index contributed by atoms with van der Waals surface area (Å²) in [5.74, 6) is -1.11. The van der Waals surface area contributed by atoms with E-state index in [1.807, 2.05) is 0 Å². The van der Waals surface area contributed by atoms with E-state index in [4.69, 9.17) is 5.53 Å². The van der Waals surface area contributed by atoms with Crippen LogP contribution in [-0.2, 0) is 31.2 Å². The highest BCUT2D eigenvalue weighted by Crippen LogP contribution is 2.14. The number of nitrogens with zero attached hydrogens (tertiary/aromatic N) is 2. The highest BCUT2D eigenvalue weighted by atomic mass is 32.3. The van der Waals surface area contributed by atoms with Gasteiger partial charge in [-0.1, -0.05) is 60.7 Å². The van der Waals surface area contributed by atoms with Gasteiger partial charge in [0, 0.05) is 0 Å². The molecule has 120 valence electrons. The number of hydrogen-bond acceptors (Lipinski definition) is 4. The lowest BCUT2D eigenvalue weighted by atomic mass is 10.2. The van der Waals surface area contributed by atoms with Crippen LogP contribution in [0.1, 0.15) is 11.1 Å². The minimum atomic E-state index is -4.29. The first kappa shape index (κ1) is 17.1. The summed E-state index contributed by atoms with van der Waals surface area (Å²) in [5.41, 5.74) is 9.80. The molecule has 0 spiro atoms. The molecule has 0 saturated heterocycles. The fraction of sp³-hybridized carbons (Fsp3) is 0.133. The highest BCUT2D eigenvalue weighted by Gasteiger charge is 2.41. The van der Waals surface area contributed by atoms with Crippen molar-refractivity contribution in [1.82, 2.24) is 0 Å². The van der Waals surface area contributed by atoms with Gasteiger partial charge in [0.1, 0.15) is 0 Å². The van der Waals surface area contributed by atoms with Gasteiger partial charge in [-0.25, -0.2) is 16.8 Å². The van der Waals surface area contributed by atoms with Gasteiger partial charge in [-0.3, -0.25) is 0 Å². The SMILES string of the molecule is [N-]=[N+]=C(S(=O)(=O)Cc1ccccc1)S(=O)(=O)Cc1ccccc1. The van der Waals surface area contributed by atoms with Crippen molar-refractivity contribution in [3.8, 4) is 0 Å². The van der Waals surface area contributed by atoms with Crippen molar-refractivity contribution < 1.29 is 21.6 Å². The maximum Gasteiger partial charge on any atom is 0.495 e. The van der Waals surface area contributed by atoms with Crippen LogP contribution in [0, 0.1) is 0 Å². The van der Waals surface area contributed by atoms with Gasteiger partial charge < -0.3 is 5.53 Å². The Kier molecular flexibility index (Phi) is 5.10. The maximum atomic E-state index is 12.3. The molecule has 0 aromatic heterocycles. The van der Waals surface area contributed by atoms with Crippen molar-refractivity contribution in [2.75, 3.05) is 0 Å². The van der Waals surface area contributed by atoms with Gasteiger partial charge in [0.25, 0.3) is 19.7 Å². The van der Waals surface area contributed by atoms with Crippen molar-refractivity contribution in [3.63, 3.8) is 0 Å². The van der Waals surface area contributed by atoms with Crippen LogP contribution < -0.4 is 0 Å². The van der Waals surface area contributed by atoms with E-state index in [2.05, 4.69) is 4.79 Å². The zero-order chi connectivity index (χ0) is 16.9. The first-order valence-electron chi connectivity index (χ1n) is 6.60. The summed E-state index contributed by atoms with van der Waals surface area (Å²) in [5, 5.41) is 0. The van der Waals surface area contributed by atoms with Crippen LogP contribution in [0.25, 0.3) is 5.53 Å². The molecule has 0 atom stereocenters. The molecule has 0 saturated carbocycles. The third-order valence-electron chi connectivity index (χ3n) is 3.01. The van der Waals surface area contributed by atoms with E-state index in [0.717, 1.165) is 0 Å². The summed E-state index contributed by atoms with van der Waals surface area (Å²) in [6.45, 7) is 0. The van der Waals surface area contributed by atoms with E-state index in [-0.39, 0.29) is 0 Å². The summed E-state index contributed by atoms with van der Waals surface area (Å²) < 4.78 is 48.0. The third-order valence-corrected chi connectivity index (χ3v) is 7.19. The minimum Gasteiger partial charge on any atom is -0.359 e. The van der Waals surface area contributed by atoms with Crippen LogP contribution in [0.3, 0.4) is 0 Å². The quantitative estimate of drug-likeness (QED) is 0.363. The molecule has 0 aliphatic rings. The number of sulfone groups is 2. The molecule has 6 nitrogen and oxygen atoms in total. The number of benzene rings is 2. The molecule has 0 amide bonds. The van der Waals surface area contributed by atoms with Gasteiger partial charge in [0.15, 0.2) is 0 Å². The smallest absolute Gasteiger partial charge is 0.359 e. The lowest BCUT2D eigenvalue weighted by molar-refractivity contribution is 0.00377. The van der Waals surface area contributed by atoms with Crippen LogP contribution in [0.15, 0.2) is 60.7 Å². The summed E-state index contributed by atoms with van der Waals surface area (Å²) in [7, 11) is -8.58. The third kappa shape index (κ3) is 4.35. The van der Waals surface area contributed by atoms with Crippen molar-refractivity contribution in [3.05, 3.63) is 77.3 Å². The average Bonchev–Trinajstić information content (AvgIpc) is 2.48. The van der Waals surface area contributed by atoms with Crippen molar-refractivity contribution in [2.24, 2.45) is 0 Å². The lowest BCUT2D eigenvalue weighted by Gasteiger charge is -2.03. The molecule has 0 bridgehead atoms.